The molecule has 0 radical (unpaired) electrons. The van der Waals surface area contributed by atoms with Gasteiger partial charge in [-0.3, -0.25) is 4.79 Å². The summed E-state index contributed by atoms with van der Waals surface area (Å²) in [5.74, 6) is -2.75. The average molecular weight is 290 g/mol. The highest BCUT2D eigenvalue weighted by Crippen LogP contribution is 2.23. The monoisotopic (exact) mass is 290 g/mol. The van der Waals surface area contributed by atoms with Crippen molar-refractivity contribution < 1.29 is 23.8 Å². The second-order valence-corrected chi connectivity index (χ2v) is 4.25. The van der Waals surface area contributed by atoms with E-state index in [1.54, 1.807) is 6.92 Å². The van der Waals surface area contributed by atoms with Gasteiger partial charge in [-0.1, -0.05) is 0 Å². The van der Waals surface area contributed by atoms with Crippen molar-refractivity contribution in [1.29, 1.82) is 0 Å². The van der Waals surface area contributed by atoms with E-state index in [4.69, 9.17) is 15.6 Å². The van der Waals surface area contributed by atoms with Crippen molar-refractivity contribution in [3.8, 4) is 11.6 Å². The van der Waals surface area contributed by atoms with Crippen LogP contribution in [-0.4, -0.2) is 22.0 Å². The van der Waals surface area contributed by atoms with Crippen molar-refractivity contribution in [2.45, 2.75) is 6.92 Å². The molecule has 1 heterocycles. The highest BCUT2D eigenvalue weighted by molar-refractivity contribution is 5.93. The second kappa shape index (κ2) is 5.58. The summed E-state index contributed by atoms with van der Waals surface area (Å²) in [6.07, 6.45) is 0. The minimum Gasteiger partial charge on any atom is -0.478 e. The molecule has 0 unspecified atom stereocenters. The Hall–Kier alpha value is -2.96. The van der Waals surface area contributed by atoms with Gasteiger partial charge >= 0.3 is 5.97 Å². The third-order valence-corrected chi connectivity index (χ3v) is 2.61. The number of carboxylic acids is 1. The maximum atomic E-state index is 13.6. The molecule has 1 aromatic heterocycles. The maximum Gasteiger partial charge on any atom is 0.335 e. The number of carboxylic acid groups (broad SMARTS) is 1. The minimum atomic E-state index is -1.12. The number of hydrogen-bond acceptors (Lipinski definition) is 4. The van der Waals surface area contributed by atoms with Gasteiger partial charge in [-0.25, -0.2) is 14.2 Å². The highest BCUT2D eigenvalue weighted by atomic mass is 19.1. The van der Waals surface area contributed by atoms with Crippen LogP contribution in [0.5, 0.6) is 11.6 Å². The number of aryl methyl sites for hydroxylation is 1. The van der Waals surface area contributed by atoms with Gasteiger partial charge in [-0.05, 0) is 25.1 Å². The van der Waals surface area contributed by atoms with Crippen molar-refractivity contribution in [3.63, 3.8) is 0 Å². The topological polar surface area (TPSA) is 103 Å². The molecule has 0 aliphatic rings. The number of aromatic nitrogens is 1. The van der Waals surface area contributed by atoms with Crippen LogP contribution in [0.3, 0.4) is 0 Å². The Bertz CT molecular complexity index is 731. The molecule has 1 amide bonds. The molecule has 0 atom stereocenters. The number of primary amides is 1. The van der Waals surface area contributed by atoms with Gasteiger partial charge in [-0.2, -0.15) is 0 Å². The molecule has 0 fully saturated rings. The molecule has 2 rings (SSSR count). The number of nitrogens with two attached hydrogens (primary N) is 1. The Morgan fingerprint density at radius 2 is 2.00 bits per heavy atom. The summed E-state index contributed by atoms with van der Waals surface area (Å²) in [6.45, 7) is 1.61. The number of ether oxygens (including phenoxy) is 1. The Kier molecular flexibility index (Phi) is 3.84. The number of aromatic carboxylic acids is 1. The van der Waals surface area contributed by atoms with E-state index >= 15 is 0 Å². The van der Waals surface area contributed by atoms with Crippen LogP contribution in [0, 0.1) is 12.7 Å². The number of benzene rings is 1. The second-order valence-electron chi connectivity index (χ2n) is 4.25. The van der Waals surface area contributed by atoms with Crippen LogP contribution in [0.25, 0.3) is 0 Å². The van der Waals surface area contributed by atoms with E-state index in [0.29, 0.717) is 5.69 Å². The third-order valence-electron chi connectivity index (χ3n) is 2.61. The zero-order chi connectivity index (χ0) is 15.6. The van der Waals surface area contributed by atoms with E-state index in [9.17, 15) is 14.0 Å². The third kappa shape index (κ3) is 3.33. The van der Waals surface area contributed by atoms with E-state index in [-0.39, 0.29) is 22.8 Å². The SMILES string of the molecule is Cc1cc(C(=O)O)cc(Oc2ccc(C(N)=O)c(F)c2)n1. The summed E-state index contributed by atoms with van der Waals surface area (Å²) in [6, 6.07) is 6.10. The van der Waals surface area contributed by atoms with Gasteiger partial charge in [-0.15, -0.1) is 0 Å². The number of nitrogens with zero attached hydrogens (tertiary/aromatic N) is 1. The lowest BCUT2D eigenvalue weighted by molar-refractivity contribution is 0.0696. The van der Waals surface area contributed by atoms with Crippen molar-refractivity contribution in [1.82, 2.24) is 4.98 Å². The molecule has 0 bridgehead atoms. The lowest BCUT2D eigenvalue weighted by Gasteiger charge is -2.08. The summed E-state index contributed by atoms with van der Waals surface area (Å²) < 4.78 is 18.9. The van der Waals surface area contributed by atoms with Crippen molar-refractivity contribution in [3.05, 3.63) is 53.0 Å². The Morgan fingerprint density at radius 3 is 2.57 bits per heavy atom. The minimum absolute atomic E-state index is 0.00623. The molecule has 6 nitrogen and oxygen atoms in total. The van der Waals surface area contributed by atoms with Gasteiger partial charge in [0.05, 0.1) is 11.1 Å². The molecule has 7 heteroatoms. The lowest BCUT2D eigenvalue weighted by Crippen LogP contribution is -2.12. The first kappa shape index (κ1) is 14.4. The zero-order valence-corrected chi connectivity index (χ0v) is 11.0. The average Bonchev–Trinajstić information content (AvgIpc) is 2.37. The van der Waals surface area contributed by atoms with Crippen LogP contribution in [-0.2, 0) is 0 Å². The number of carbonyl (C=O) groups excluding carboxylic acids is 1. The molecule has 0 aliphatic heterocycles. The van der Waals surface area contributed by atoms with Gasteiger partial charge < -0.3 is 15.6 Å². The molecule has 108 valence electrons. The standard InChI is InChI=1S/C14H11FN2O4/c1-7-4-8(14(19)20)5-12(17-7)21-9-2-3-10(13(16)18)11(15)6-9/h2-6H,1H3,(H2,16,18)(H,19,20). The van der Waals surface area contributed by atoms with Gasteiger partial charge in [0, 0.05) is 17.8 Å². The van der Waals surface area contributed by atoms with Crippen molar-refractivity contribution in [2.24, 2.45) is 5.73 Å². The van der Waals surface area contributed by atoms with Gasteiger partial charge in [0.1, 0.15) is 11.6 Å². The predicted octanol–water partition coefficient (Wildman–Crippen LogP) is 2.12. The maximum absolute atomic E-state index is 13.6. The predicted molar refractivity (Wildman–Crippen MR) is 70.9 cm³/mol. The molecule has 21 heavy (non-hydrogen) atoms. The summed E-state index contributed by atoms with van der Waals surface area (Å²) in [5.41, 5.74) is 5.18. The molecular weight excluding hydrogens is 279 g/mol. The van der Waals surface area contributed by atoms with Crippen LogP contribution in [0.4, 0.5) is 4.39 Å². The van der Waals surface area contributed by atoms with Crippen LogP contribution in [0.2, 0.25) is 0 Å². The van der Waals surface area contributed by atoms with Gasteiger partial charge in [0.25, 0.3) is 5.91 Å². The molecule has 0 saturated carbocycles. The van der Waals surface area contributed by atoms with Crippen LogP contribution in [0.15, 0.2) is 30.3 Å². The van der Waals surface area contributed by atoms with Crippen LogP contribution < -0.4 is 10.5 Å². The molecular formula is C14H11FN2O4. The van der Waals surface area contributed by atoms with E-state index in [1.807, 2.05) is 0 Å². The quantitative estimate of drug-likeness (QED) is 0.897. The molecule has 0 spiro atoms. The number of hydrogen-bond donors (Lipinski definition) is 2. The van der Waals surface area contributed by atoms with Crippen LogP contribution >= 0.6 is 0 Å². The Labute approximate surface area is 119 Å². The first-order chi connectivity index (χ1) is 9.86. The summed E-state index contributed by atoms with van der Waals surface area (Å²) in [4.78, 5) is 25.9. The lowest BCUT2D eigenvalue weighted by atomic mass is 10.2. The van der Waals surface area contributed by atoms with Crippen LogP contribution in [0.1, 0.15) is 26.4 Å². The highest BCUT2D eigenvalue weighted by Gasteiger charge is 2.12. The van der Waals surface area contributed by atoms with Crippen molar-refractivity contribution >= 4 is 11.9 Å². The summed E-state index contributed by atoms with van der Waals surface area (Å²) in [5, 5.41) is 8.95. The van der Waals surface area contributed by atoms with E-state index in [1.165, 1.54) is 24.3 Å². The van der Waals surface area contributed by atoms with Gasteiger partial charge in [0.2, 0.25) is 5.88 Å². The molecule has 0 aliphatic carbocycles. The number of pyridine rings is 1. The molecule has 2 aromatic rings. The number of rotatable bonds is 4. The fraction of sp³-hybridized carbons (Fsp3) is 0.0714. The van der Waals surface area contributed by atoms with E-state index < -0.39 is 17.7 Å². The van der Waals surface area contributed by atoms with Gasteiger partial charge in [0.15, 0.2) is 0 Å². The number of halogens is 1. The first-order valence-electron chi connectivity index (χ1n) is 5.86. The zero-order valence-electron chi connectivity index (χ0n) is 11.0. The summed E-state index contributed by atoms with van der Waals surface area (Å²) >= 11 is 0. The largest absolute Gasteiger partial charge is 0.478 e. The Morgan fingerprint density at radius 1 is 1.29 bits per heavy atom. The smallest absolute Gasteiger partial charge is 0.335 e. The fourth-order valence-electron chi connectivity index (χ4n) is 1.69. The fourth-order valence-corrected chi connectivity index (χ4v) is 1.69. The number of amides is 1. The Balaban J connectivity index is 2.32. The normalized spacial score (nSPS) is 10.2. The van der Waals surface area contributed by atoms with Crippen molar-refractivity contribution in [2.75, 3.05) is 0 Å². The molecule has 1 aromatic carbocycles. The summed E-state index contributed by atoms with van der Waals surface area (Å²) in [7, 11) is 0. The van der Waals surface area contributed by atoms with E-state index in [0.717, 1.165) is 6.07 Å². The molecule has 3 N–H and O–H groups in total. The van der Waals surface area contributed by atoms with E-state index in [2.05, 4.69) is 4.98 Å². The number of carbonyl (C=O) groups is 2. The molecule has 0 saturated heterocycles. The first-order valence-corrected chi connectivity index (χ1v) is 5.86.